The van der Waals surface area contributed by atoms with Gasteiger partial charge in [-0.25, -0.2) is 4.98 Å². The van der Waals surface area contributed by atoms with Crippen molar-refractivity contribution >= 4 is 16.8 Å². The van der Waals surface area contributed by atoms with Crippen LogP contribution < -0.4 is 5.73 Å². The number of carbonyl (C=O) groups is 1. The van der Waals surface area contributed by atoms with Crippen molar-refractivity contribution in [2.24, 2.45) is 5.73 Å². The van der Waals surface area contributed by atoms with E-state index in [2.05, 4.69) is 32.2 Å². The summed E-state index contributed by atoms with van der Waals surface area (Å²) in [6, 6.07) is 5.49. The number of primary amides is 1. The van der Waals surface area contributed by atoms with Crippen LogP contribution in [0.15, 0.2) is 24.4 Å². The van der Waals surface area contributed by atoms with Crippen molar-refractivity contribution in [3.8, 4) is 22.9 Å². The number of nitrogens with two attached hydrogens (primary N) is 1. The van der Waals surface area contributed by atoms with Gasteiger partial charge < -0.3 is 10.5 Å². The van der Waals surface area contributed by atoms with Gasteiger partial charge in [0, 0.05) is 42.7 Å². The maximum absolute atomic E-state index is 12.1. The van der Waals surface area contributed by atoms with Gasteiger partial charge in [0.1, 0.15) is 5.69 Å². The number of aryl methyl sites for hydroxylation is 2. The molecule has 4 heterocycles. The molecule has 0 saturated carbocycles. The van der Waals surface area contributed by atoms with Crippen molar-refractivity contribution in [2.45, 2.75) is 40.0 Å². The van der Waals surface area contributed by atoms with Gasteiger partial charge in [0.25, 0.3) is 0 Å². The number of morpholine rings is 1. The molecule has 1 aliphatic heterocycles. The Morgan fingerprint density at radius 2 is 2.12 bits per heavy atom. The van der Waals surface area contributed by atoms with E-state index in [4.69, 9.17) is 15.5 Å². The minimum atomic E-state index is -0.506. The van der Waals surface area contributed by atoms with E-state index in [-0.39, 0.29) is 6.10 Å². The lowest BCUT2D eigenvalue weighted by Gasteiger charge is -2.30. The van der Waals surface area contributed by atoms with E-state index in [0.717, 1.165) is 55.1 Å². The molecule has 3 aromatic heterocycles. The van der Waals surface area contributed by atoms with Gasteiger partial charge >= 0.3 is 0 Å². The summed E-state index contributed by atoms with van der Waals surface area (Å²) in [6.45, 7) is 10.8. The molecule has 0 aliphatic carbocycles. The molecule has 3 N–H and O–H groups in total. The molecule has 4 aromatic rings. The number of benzene rings is 1. The average molecular weight is 464 g/mol. The van der Waals surface area contributed by atoms with E-state index in [1.165, 1.54) is 0 Å². The Bertz CT molecular complexity index is 1340. The normalized spacial score (nSPS) is 17.0. The van der Waals surface area contributed by atoms with Gasteiger partial charge in [-0.3, -0.25) is 24.2 Å². The Kier molecular flexibility index (Phi) is 5.88. The van der Waals surface area contributed by atoms with Gasteiger partial charge in [-0.1, -0.05) is 0 Å². The van der Waals surface area contributed by atoms with Crippen molar-refractivity contribution in [1.82, 2.24) is 39.6 Å². The van der Waals surface area contributed by atoms with Crippen LogP contribution in [0.2, 0.25) is 0 Å². The molecule has 178 valence electrons. The summed E-state index contributed by atoms with van der Waals surface area (Å²) in [4.78, 5) is 19.2. The molecule has 34 heavy (non-hydrogen) atoms. The van der Waals surface area contributed by atoms with Crippen molar-refractivity contribution < 1.29 is 9.53 Å². The summed E-state index contributed by atoms with van der Waals surface area (Å²) < 4.78 is 9.42. The van der Waals surface area contributed by atoms with Gasteiger partial charge in [0.15, 0.2) is 11.6 Å². The molecule has 11 heteroatoms. The van der Waals surface area contributed by atoms with Crippen LogP contribution >= 0.6 is 0 Å². The van der Waals surface area contributed by atoms with Gasteiger partial charge in [-0.2, -0.15) is 15.3 Å². The topological polar surface area (TPSA) is 133 Å². The van der Waals surface area contributed by atoms with Crippen molar-refractivity contribution in [1.29, 1.82) is 0 Å². The Morgan fingerprint density at radius 1 is 1.26 bits per heavy atom. The highest BCUT2D eigenvalue weighted by atomic mass is 16.5. The summed E-state index contributed by atoms with van der Waals surface area (Å²) in [5.41, 5.74) is 9.36. The molecular formula is C23H29N9O2. The average Bonchev–Trinajstić information content (AvgIpc) is 3.55. The molecule has 1 aliphatic rings. The zero-order valence-corrected chi connectivity index (χ0v) is 19.7. The molecule has 5 rings (SSSR count). The highest BCUT2D eigenvalue weighted by Crippen LogP contribution is 2.29. The van der Waals surface area contributed by atoms with Crippen molar-refractivity contribution in [3.05, 3.63) is 35.7 Å². The smallest absolute Gasteiger partial charge is 0.248 e. The monoisotopic (exact) mass is 463 g/mol. The third kappa shape index (κ3) is 4.19. The molecule has 0 bridgehead atoms. The van der Waals surface area contributed by atoms with E-state index in [0.29, 0.717) is 29.3 Å². The largest absolute Gasteiger partial charge is 0.376 e. The summed E-state index contributed by atoms with van der Waals surface area (Å²) in [5.74, 6) is 0.586. The van der Waals surface area contributed by atoms with Gasteiger partial charge in [-0.15, -0.1) is 0 Å². The van der Waals surface area contributed by atoms with E-state index in [9.17, 15) is 4.79 Å². The Hall–Kier alpha value is -3.57. The molecule has 1 aromatic carbocycles. The Morgan fingerprint density at radius 3 is 2.88 bits per heavy atom. The molecule has 1 saturated heterocycles. The second kappa shape index (κ2) is 8.99. The van der Waals surface area contributed by atoms with E-state index >= 15 is 0 Å². The number of nitrogens with one attached hydrogen (secondary N) is 1. The van der Waals surface area contributed by atoms with Crippen molar-refractivity contribution in [2.75, 3.05) is 26.2 Å². The van der Waals surface area contributed by atoms with E-state index < -0.39 is 5.91 Å². The predicted octanol–water partition coefficient (Wildman–Crippen LogP) is 1.83. The number of hydrogen-bond acceptors (Lipinski definition) is 7. The van der Waals surface area contributed by atoms with Crippen LogP contribution in [-0.4, -0.2) is 77.9 Å². The standard InChI is InChI=1S/C23H29N9O2/c1-4-31-20(9-14(2)29-31)23-26-22(27-28-23)17-10-16(21(24)33)11-19-18(17)12-25-32(19)6-5-30-7-8-34-15(3)13-30/h9-12,15H,4-8,13H2,1-3H3,(H2,24,33)(H,26,27,28)/t15-/m0/s1. The maximum Gasteiger partial charge on any atom is 0.248 e. The predicted molar refractivity (Wildman–Crippen MR) is 127 cm³/mol. The van der Waals surface area contributed by atoms with Crippen LogP contribution in [-0.2, 0) is 17.8 Å². The number of aromatic nitrogens is 7. The number of carbonyl (C=O) groups excluding carboxylic acids is 1. The molecule has 1 atom stereocenters. The first kappa shape index (κ1) is 22.2. The second-order valence-electron chi connectivity index (χ2n) is 8.66. The number of aromatic amines is 1. The summed E-state index contributed by atoms with van der Waals surface area (Å²) >= 11 is 0. The third-order valence-corrected chi connectivity index (χ3v) is 6.17. The summed E-state index contributed by atoms with van der Waals surface area (Å²) in [6.07, 6.45) is 2.03. The molecule has 11 nitrogen and oxygen atoms in total. The van der Waals surface area contributed by atoms with Crippen LogP contribution in [0.25, 0.3) is 33.8 Å². The SMILES string of the molecule is CCn1nc(C)cc1-c1nc(-c2cc(C(N)=O)cc3c2cnn3CCN2CCO[C@@H](C)C2)n[nH]1. The fourth-order valence-corrected chi connectivity index (χ4v) is 4.49. The number of rotatable bonds is 7. The van der Waals surface area contributed by atoms with Gasteiger partial charge in [0.05, 0.1) is 36.7 Å². The van der Waals surface area contributed by atoms with Crippen LogP contribution in [0.4, 0.5) is 0 Å². The maximum atomic E-state index is 12.1. The lowest BCUT2D eigenvalue weighted by atomic mass is 10.0. The van der Waals surface area contributed by atoms with Crippen LogP contribution in [0, 0.1) is 6.92 Å². The highest BCUT2D eigenvalue weighted by molar-refractivity contribution is 6.02. The zero-order valence-electron chi connectivity index (χ0n) is 19.7. The van der Waals surface area contributed by atoms with E-state index in [1.807, 2.05) is 29.3 Å². The minimum Gasteiger partial charge on any atom is -0.376 e. The minimum absolute atomic E-state index is 0.226. The fourth-order valence-electron chi connectivity index (χ4n) is 4.49. The molecule has 0 radical (unpaired) electrons. The number of fused-ring (bicyclic) bond motifs is 1. The number of H-pyrrole nitrogens is 1. The zero-order chi connectivity index (χ0) is 23.8. The fraction of sp³-hybridized carbons (Fsp3) is 0.435. The number of nitrogens with zero attached hydrogens (tertiary/aromatic N) is 7. The summed E-state index contributed by atoms with van der Waals surface area (Å²) in [7, 11) is 0. The second-order valence-corrected chi connectivity index (χ2v) is 8.66. The number of hydrogen-bond donors (Lipinski definition) is 2. The quantitative estimate of drug-likeness (QED) is 0.427. The van der Waals surface area contributed by atoms with E-state index in [1.54, 1.807) is 18.3 Å². The number of amides is 1. The third-order valence-electron chi connectivity index (χ3n) is 6.17. The first-order valence-electron chi connectivity index (χ1n) is 11.5. The lowest BCUT2D eigenvalue weighted by molar-refractivity contribution is -0.0192. The molecule has 0 spiro atoms. The van der Waals surface area contributed by atoms with Crippen LogP contribution in [0.3, 0.4) is 0 Å². The Balaban J connectivity index is 1.50. The molecule has 1 amide bonds. The number of ether oxygens (including phenoxy) is 1. The van der Waals surface area contributed by atoms with Crippen LogP contribution in [0.1, 0.15) is 29.9 Å². The first-order chi connectivity index (χ1) is 16.4. The first-order valence-corrected chi connectivity index (χ1v) is 11.5. The molecule has 0 unspecified atom stereocenters. The summed E-state index contributed by atoms with van der Waals surface area (Å²) in [5, 5.41) is 17.4. The Labute approximate surface area is 196 Å². The molecular weight excluding hydrogens is 434 g/mol. The van der Waals surface area contributed by atoms with Crippen molar-refractivity contribution in [3.63, 3.8) is 0 Å². The molecule has 1 fully saturated rings. The van der Waals surface area contributed by atoms with Gasteiger partial charge in [-0.05, 0) is 39.0 Å². The van der Waals surface area contributed by atoms with Crippen LogP contribution in [0.5, 0.6) is 0 Å². The van der Waals surface area contributed by atoms with Gasteiger partial charge in [0.2, 0.25) is 5.91 Å². The lowest BCUT2D eigenvalue weighted by Crippen LogP contribution is -2.42. The highest BCUT2D eigenvalue weighted by Gasteiger charge is 2.20.